The second-order valence-corrected chi connectivity index (χ2v) is 5.39. The van der Waals surface area contributed by atoms with E-state index in [2.05, 4.69) is 16.2 Å². The minimum atomic E-state index is -0.483. The third-order valence-electron chi connectivity index (χ3n) is 3.25. The summed E-state index contributed by atoms with van der Waals surface area (Å²) in [6.45, 7) is 4.16. The Morgan fingerprint density at radius 2 is 2.24 bits per heavy atom. The van der Waals surface area contributed by atoms with Crippen LogP contribution in [-0.2, 0) is 0 Å². The number of nitrogens with zero attached hydrogens (tertiary/aromatic N) is 2. The average molecular weight is 254 g/mol. The molecule has 1 aliphatic heterocycles. The molecule has 1 fully saturated rings. The van der Waals surface area contributed by atoms with E-state index in [1.165, 1.54) is 18.0 Å². The molecule has 2 heterocycles. The van der Waals surface area contributed by atoms with Gasteiger partial charge in [-0.05, 0) is 36.7 Å². The number of nitrogen functional groups attached to an aromatic ring is 1. The van der Waals surface area contributed by atoms with Crippen molar-refractivity contribution in [3.63, 3.8) is 0 Å². The molecular weight excluding hydrogens is 236 g/mol. The minimum Gasteiger partial charge on any atom is -0.382 e. The van der Waals surface area contributed by atoms with E-state index in [9.17, 15) is 4.79 Å². The molecule has 1 aromatic rings. The van der Waals surface area contributed by atoms with Gasteiger partial charge in [-0.2, -0.15) is 4.37 Å². The molecule has 0 spiro atoms. The summed E-state index contributed by atoms with van der Waals surface area (Å²) < 4.78 is 4.04. The first-order valence-electron chi connectivity index (χ1n) is 5.89. The van der Waals surface area contributed by atoms with Gasteiger partial charge in [0.15, 0.2) is 5.82 Å². The number of rotatable bonds is 2. The van der Waals surface area contributed by atoms with E-state index in [0.717, 1.165) is 36.9 Å². The molecule has 1 aliphatic rings. The van der Waals surface area contributed by atoms with Crippen molar-refractivity contribution in [2.45, 2.75) is 26.2 Å². The highest BCUT2D eigenvalue weighted by molar-refractivity contribution is 7.11. The number of aromatic nitrogens is 1. The maximum absolute atomic E-state index is 11.4. The Bertz CT molecular complexity index is 418. The Kier molecular flexibility index (Phi) is 3.51. The van der Waals surface area contributed by atoms with Crippen LogP contribution in [0.2, 0.25) is 0 Å². The van der Waals surface area contributed by atoms with Crippen molar-refractivity contribution < 1.29 is 4.79 Å². The molecule has 6 heteroatoms. The molecule has 1 atom stereocenters. The largest absolute Gasteiger partial charge is 0.382 e. The van der Waals surface area contributed by atoms with Crippen molar-refractivity contribution in [1.29, 1.82) is 0 Å². The van der Waals surface area contributed by atoms with Crippen molar-refractivity contribution in [2.24, 2.45) is 11.7 Å². The first-order valence-corrected chi connectivity index (χ1v) is 6.67. The van der Waals surface area contributed by atoms with Gasteiger partial charge in [-0.3, -0.25) is 4.79 Å². The number of anilines is 2. The summed E-state index contributed by atoms with van der Waals surface area (Å²) in [5, 5.41) is 0.837. The van der Waals surface area contributed by atoms with Crippen LogP contribution in [-0.4, -0.2) is 23.4 Å². The van der Waals surface area contributed by atoms with Crippen LogP contribution < -0.4 is 16.4 Å². The Hall–Kier alpha value is -1.30. The number of primary amides is 1. The highest BCUT2D eigenvalue weighted by Gasteiger charge is 2.23. The zero-order chi connectivity index (χ0) is 12.4. The van der Waals surface area contributed by atoms with Gasteiger partial charge in [0.25, 0.3) is 5.91 Å². The predicted molar refractivity (Wildman–Crippen MR) is 70.3 cm³/mol. The summed E-state index contributed by atoms with van der Waals surface area (Å²) in [7, 11) is 0. The van der Waals surface area contributed by atoms with Crippen LogP contribution in [0.3, 0.4) is 0 Å². The maximum Gasteiger partial charge on any atom is 0.255 e. The van der Waals surface area contributed by atoms with Gasteiger partial charge in [-0.1, -0.05) is 6.92 Å². The molecule has 5 nitrogen and oxygen atoms in total. The molecule has 1 unspecified atom stereocenters. The van der Waals surface area contributed by atoms with E-state index in [1.807, 2.05) is 0 Å². The second-order valence-electron chi connectivity index (χ2n) is 4.64. The van der Waals surface area contributed by atoms with E-state index in [0.29, 0.717) is 5.56 Å². The fourth-order valence-electron chi connectivity index (χ4n) is 2.21. The van der Waals surface area contributed by atoms with E-state index in [1.54, 1.807) is 0 Å². The van der Waals surface area contributed by atoms with Gasteiger partial charge in [0.2, 0.25) is 0 Å². The Balaban J connectivity index is 2.24. The van der Waals surface area contributed by atoms with Gasteiger partial charge >= 0.3 is 0 Å². The molecule has 0 radical (unpaired) electrons. The SMILES string of the molecule is CC1CCCN(c2snc(N)c2C(N)=O)CC1. The van der Waals surface area contributed by atoms with E-state index in [-0.39, 0.29) is 5.82 Å². The lowest BCUT2D eigenvalue weighted by molar-refractivity contribution is 0.100. The summed E-state index contributed by atoms with van der Waals surface area (Å²) in [6, 6.07) is 0. The lowest BCUT2D eigenvalue weighted by Gasteiger charge is -2.21. The zero-order valence-electron chi connectivity index (χ0n) is 9.98. The highest BCUT2D eigenvalue weighted by Crippen LogP contribution is 2.32. The Morgan fingerprint density at radius 3 is 2.94 bits per heavy atom. The van der Waals surface area contributed by atoms with Gasteiger partial charge in [0.1, 0.15) is 10.6 Å². The van der Waals surface area contributed by atoms with Gasteiger partial charge in [0, 0.05) is 13.1 Å². The van der Waals surface area contributed by atoms with Crippen LogP contribution >= 0.6 is 11.5 Å². The summed E-state index contributed by atoms with van der Waals surface area (Å²) >= 11 is 1.27. The van der Waals surface area contributed by atoms with Crippen molar-refractivity contribution in [3.8, 4) is 0 Å². The monoisotopic (exact) mass is 254 g/mol. The van der Waals surface area contributed by atoms with Crippen molar-refractivity contribution in [3.05, 3.63) is 5.56 Å². The molecule has 1 aromatic heterocycles. The number of carbonyl (C=O) groups excluding carboxylic acids is 1. The molecule has 0 aromatic carbocycles. The fraction of sp³-hybridized carbons (Fsp3) is 0.636. The smallest absolute Gasteiger partial charge is 0.255 e. The molecule has 94 valence electrons. The van der Waals surface area contributed by atoms with Gasteiger partial charge in [-0.25, -0.2) is 0 Å². The molecule has 1 amide bonds. The number of hydrogen-bond donors (Lipinski definition) is 2. The number of amides is 1. The van der Waals surface area contributed by atoms with E-state index in [4.69, 9.17) is 11.5 Å². The normalized spacial score (nSPS) is 21.2. The van der Waals surface area contributed by atoms with E-state index < -0.39 is 5.91 Å². The molecule has 0 saturated carbocycles. The minimum absolute atomic E-state index is 0.259. The highest BCUT2D eigenvalue weighted by atomic mass is 32.1. The van der Waals surface area contributed by atoms with Crippen LogP contribution in [0.25, 0.3) is 0 Å². The lowest BCUT2D eigenvalue weighted by Crippen LogP contribution is -2.26. The first kappa shape index (κ1) is 12.2. The van der Waals surface area contributed by atoms with Crippen LogP contribution in [0.15, 0.2) is 0 Å². The first-order chi connectivity index (χ1) is 8.09. The third-order valence-corrected chi connectivity index (χ3v) is 4.17. The number of carbonyl (C=O) groups is 1. The molecule has 0 aliphatic carbocycles. The molecule has 0 bridgehead atoms. The maximum atomic E-state index is 11.4. The lowest BCUT2D eigenvalue weighted by atomic mass is 10.0. The summed E-state index contributed by atoms with van der Waals surface area (Å²) in [6.07, 6.45) is 3.50. The molecular formula is C11H18N4OS. The number of hydrogen-bond acceptors (Lipinski definition) is 5. The van der Waals surface area contributed by atoms with Crippen LogP contribution in [0.5, 0.6) is 0 Å². The molecule has 1 saturated heterocycles. The van der Waals surface area contributed by atoms with Crippen molar-refractivity contribution in [2.75, 3.05) is 23.7 Å². The average Bonchev–Trinajstić information content (AvgIpc) is 2.51. The van der Waals surface area contributed by atoms with Crippen molar-refractivity contribution in [1.82, 2.24) is 4.37 Å². The fourth-order valence-corrected chi connectivity index (χ4v) is 3.08. The van der Waals surface area contributed by atoms with Crippen molar-refractivity contribution >= 4 is 28.3 Å². The summed E-state index contributed by atoms with van der Waals surface area (Å²) in [5.74, 6) is 0.514. The topological polar surface area (TPSA) is 85.2 Å². The zero-order valence-corrected chi connectivity index (χ0v) is 10.8. The summed E-state index contributed by atoms with van der Waals surface area (Å²) in [5.41, 5.74) is 11.4. The standard InChI is InChI=1S/C11H18N4OS/c1-7-3-2-5-15(6-4-7)11-8(10(13)16)9(12)14-17-11/h7H,2-6H2,1H3,(H2,12,14)(H2,13,16). The third kappa shape index (κ3) is 2.52. The summed E-state index contributed by atoms with van der Waals surface area (Å²) in [4.78, 5) is 13.6. The molecule has 17 heavy (non-hydrogen) atoms. The number of nitrogens with two attached hydrogens (primary N) is 2. The molecule has 2 rings (SSSR count). The predicted octanol–water partition coefficient (Wildman–Crippen LogP) is 1.45. The Morgan fingerprint density at radius 1 is 1.47 bits per heavy atom. The van der Waals surface area contributed by atoms with Crippen LogP contribution in [0.4, 0.5) is 10.8 Å². The Labute approximate surface area is 105 Å². The van der Waals surface area contributed by atoms with E-state index >= 15 is 0 Å². The quantitative estimate of drug-likeness (QED) is 0.836. The van der Waals surface area contributed by atoms with Gasteiger partial charge in [-0.15, -0.1) is 0 Å². The van der Waals surface area contributed by atoms with Crippen LogP contribution in [0, 0.1) is 5.92 Å². The van der Waals surface area contributed by atoms with Gasteiger partial charge in [0.05, 0.1) is 0 Å². The van der Waals surface area contributed by atoms with Crippen LogP contribution in [0.1, 0.15) is 36.5 Å². The molecule has 4 N–H and O–H groups in total. The van der Waals surface area contributed by atoms with Gasteiger partial charge < -0.3 is 16.4 Å². The second kappa shape index (κ2) is 4.91.